The fourth-order valence-electron chi connectivity index (χ4n) is 1.47. The Morgan fingerprint density at radius 3 is 2.40 bits per heavy atom. The molecule has 0 saturated carbocycles. The number of halogens is 2. The summed E-state index contributed by atoms with van der Waals surface area (Å²) in [6.07, 6.45) is -0.168. The zero-order valence-electron chi connectivity index (χ0n) is 7.67. The zero-order chi connectivity index (χ0) is 11.0. The van der Waals surface area contributed by atoms with Crippen LogP contribution in [0.5, 0.6) is 0 Å². The summed E-state index contributed by atoms with van der Waals surface area (Å²) in [6, 6.07) is 3.11. The minimum atomic E-state index is -1.03. The van der Waals surface area contributed by atoms with E-state index in [9.17, 15) is 18.4 Å². The van der Waals surface area contributed by atoms with Crippen molar-refractivity contribution in [1.82, 2.24) is 0 Å². The maximum atomic E-state index is 12.9. The van der Waals surface area contributed by atoms with E-state index < -0.39 is 11.6 Å². The number of hydrogen-bond donors (Lipinski definition) is 0. The topological polar surface area (TPSA) is 37.4 Å². The molecule has 15 heavy (non-hydrogen) atoms. The number of carbonyl (C=O) groups excluding carboxylic acids is 2. The molecule has 0 spiro atoms. The van der Waals surface area contributed by atoms with Crippen LogP contribution in [0.3, 0.4) is 0 Å². The van der Waals surface area contributed by atoms with Gasteiger partial charge in [-0.3, -0.25) is 9.59 Å². The number of carbonyl (C=O) groups is 2. The number of hydrogen-bond acceptors (Lipinski definition) is 2. The Morgan fingerprint density at radius 2 is 1.87 bits per heavy atom. The largest absolute Gasteiger partial charge is 0.304 e. The lowest BCUT2D eigenvalue weighted by Crippen LogP contribution is -2.24. The van der Waals surface area contributed by atoms with Crippen molar-refractivity contribution in [1.29, 1.82) is 0 Å². The maximum absolute atomic E-state index is 12.9. The normalized spacial score (nSPS) is 16.3. The van der Waals surface area contributed by atoms with Gasteiger partial charge >= 0.3 is 0 Å². The maximum Gasteiger partial charge on any atom is 0.234 e. The van der Waals surface area contributed by atoms with E-state index in [1.165, 1.54) is 6.07 Å². The van der Waals surface area contributed by atoms with Crippen molar-refractivity contribution < 1.29 is 18.4 Å². The lowest BCUT2D eigenvalue weighted by Gasteiger charge is -2.14. The number of rotatable bonds is 1. The van der Waals surface area contributed by atoms with Gasteiger partial charge in [0, 0.05) is 11.8 Å². The van der Waals surface area contributed by atoms with Crippen LogP contribution in [0.2, 0.25) is 0 Å². The van der Waals surface area contributed by atoms with Crippen LogP contribution in [0.15, 0.2) is 18.2 Å². The molecule has 78 valence electrons. The summed E-state index contributed by atoms with van der Waals surface area (Å²) >= 11 is 0. The number of nitrogens with zero attached hydrogens (tertiary/aromatic N) is 1. The molecule has 1 aliphatic rings. The van der Waals surface area contributed by atoms with Gasteiger partial charge in [-0.25, -0.2) is 8.78 Å². The number of Topliss-reactive ketones (excluding diaryl/α,β-unsaturated/α-hetero) is 1. The van der Waals surface area contributed by atoms with Gasteiger partial charge in [-0.1, -0.05) is 0 Å². The monoisotopic (exact) mass is 211 g/mol. The van der Waals surface area contributed by atoms with Crippen molar-refractivity contribution in [3.8, 4) is 0 Å². The molecule has 1 aromatic rings. The Bertz CT molecular complexity index is 445. The Kier molecular flexibility index (Phi) is 2.22. The van der Waals surface area contributed by atoms with Crippen LogP contribution in [0, 0.1) is 11.6 Å². The molecule has 1 aliphatic heterocycles. The van der Waals surface area contributed by atoms with E-state index in [-0.39, 0.29) is 30.3 Å². The first-order valence-electron chi connectivity index (χ1n) is 4.35. The molecule has 0 aromatic heterocycles. The summed E-state index contributed by atoms with van der Waals surface area (Å²) in [5, 5.41) is 0. The van der Waals surface area contributed by atoms with Gasteiger partial charge in [-0.05, 0) is 12.1 Å². The summed E-state index contributed by atoms with van der Waals surface area (Å²) in [5.41, 5.74) is 0.213. The van der Waals surface area contributed by atoms with Crippen LogP contribution in [-0.2, 0) is 9.59 Å². The predicted molar refractivity (Wildman–Crippen MR) is 48.3 cm³/mol. The molecule has 0 radical (unpaired) electrons. The van der Waals surface area contributed by atoms with E-state index in [4.69, 9.17) is 0 Å². The molecule has 0 N–H and O–H groups in total. The van der Waals surface area contributed by atoms with Crippen molar-refractivity contribution in [2.24, 2.45) is 0 Å². The van der Waals surface area contributed by atoms with E-state index in [1.807, 2.05) is 0 Å². The van der Waals surface area contributed by atoms with Crippen LogP contribution in [-0.4, -0.2) is 18.2 Å². The Hall–Kier alpha value is -1.78. The molecule has 0 aliphatic carbocycles. The predicted octanol–water partition coefficient (Wildman–Crippen LogP) is 1.27. The summed E-state index contributed by atoms with van der Waals surface area (Å²) < 4.78 is 25.5. The zero-order valence-corrected chi connectivity index (χ0v) is 7.67. The second-order valence-electron chi connectivity index (χ2n) is 3.29. The van der Waals surface area contributed by atoms with E-state index in [2.05, 4.69) is 0 Å². The first-order chi connectivity index (χ1) is 7.08. The fourth-order valence-corrected chi connectivity index (χ4v) is 1.47. The van der Waals surface area contributed by atoms with Gasteiger partial charge < -0.3 is 4.90 Å². The van der Waals surface area contributed by atoms with Crippen LogP contribution >= 0.6 is 0 Å². The van der Waals surface area contributed by atoms with Gasteiger partial charge in [0.2, 0.25) is 5.91 Å². The second kappa shape index (κ2) is 3.42. The summed E-state index contributed by atoms with van der Waals surface area (Å²) in [4.78, 5) is 23.4. The quantitative estimate of drug-likeness (QED) is 0.656. The molecular formula is C10H7F2NO2. The third-order valence-corrected chi connectivity index (χ3v) is 2.20. The van der Waals surface area contributed by atoms with Crippen molar-refractivity contribution in [2.75, 3.05) is 11.4 Å². The Labute approximate surface area is 84.3 Å². The van der Waals surface area contributed by atoms with Gasteiger partial charge in [0.05, 0.1) is 13.0 Å². The van der Waals surface area contributed by atoms with Gasteiger partial charge in [0.25, 0.3) is 0 Å². The van der Waals surface area contributed by atoms with Crippen LogP contribution < -0.4 is 4.90 Å². The highest BCUT2D eigenvalue weighted by Crippen LogP contribution is 2.21. The molecule has 1 aromatic carbocycles. The molecular weight excluding hydrogens is 204 g/mol. The smallest absolute Gasteiger partial charge is 0.234 e. The molecule has 0 unspecified atom stereocenters. The lowest BCUT2D eigenvalue weighted by molar-refractivity contribution is -0.121. The highest BCUT2D eigenvalue weighted by molar-refractivity contribution is 6.14. The molecule has 2 rings (SSSR count). The van der Waals surface area contributed by atoms with Crippen molar-refractivity contribution in [3.05, 3.63) is 29.8 Å². The standard InChI is InChI=1S/C10H7F2NO2/c11-8-2-1-6(3-9(8)12)13-5-7(14)4-10(13)15/h1-3H,4-5H2. The van der Waals surface area contributed by atoms with E-state index in [1.54, 1.807) is 0 Å². The summed E-state index contributed by atoms with van der Waals surface area (Å²) in [5.74, 6) is -2.60. The fraction of sp³-hybridized carbons (Fsp3) is 0.200. The van der Waals surface area contributed by atoms with E-state index in [0.717, 1.165) is 17.0 Å². The highest BCUT2D eigenvalue weighted by Gasteiger charge is 2.28. The van der Waals surface area contributed by atoms with Gasteiger partial charge in [-0.2, -0.15) is 0 Å². The second-order valence-corrected chi connectivity index (χ2v) is 3.29. The SMILES string of the molecule is O=C1CC(=O)N(c2ccc(F)c(F)c2)C1. The third-order valence-electron chi connectivity index (χ3n) is 2.20. The lowest BCUT2D eigenvalue weighted by atomic mass is 10.3. The first kappa shape index (κ1) is 9.76. The van der Waals surface area contributed by atoms with Crippen LogP contribution in [0.4, 0.5) is 14.5 Å². The van der Waals surface area contributed by atoms with Crippen molar-refractivity contribution in [3.63, 3.8) is 0 Å². The molecule has 3 nitrogen and oxygen atoms in total. The average Bonchev–Trinajstić information content (AvgIpc) is 2.50. The number of benzene rings is 1. The number of anilines is 1. The highest BCUT2D eigenvalue weighted by atomic mass is 19.2. The molecule has 1 amide bonds. The Balaban J connectivity index is 2.34. The molecule has 5 heteroatoms. The van der Waals surface area contributed by atoms with Crippen molar-refractivity contribution >= 4 is 17.4 Å². The molecule has 1 heterocycles. The van der Waals surface area contributed by atoms with Crippen LogP contribution in [0.1, 0.15) is 6.42 Å². The summed E-state index contributed by atoms with van der Waals surface area (Å²) in [7, 11) is 0. The molecule has 1 fully saturated rings. The minimum absolute atomic E-state index is 0.0656. The van der Waals surface area contributed by atoms with Gasteiger partial charge in [0.15, 0.2) is 17.4 Å². The third kappa shape index (κ3) is 1.72. The molecule has 0 atom stereocenters. The Morgan fingerprint density at radius 1 is 1.13 bits per heavy atom. The first-order valence-corrected chi connectivity index (χ1v) is 4.35. The van der Waals surface area contributed by atoms with Crippen LogP contribution in [0.25, 0.3) is 0 Å². The van der Waals surface area contributed by atoms with E-state index >= 15 is 0 Å². The van der Waals surface area contributed by atoms with E-state index in [0.29, 0.717) is 0 Å². The van der Waals surface area contributed by atoms with Gasteiger partial charge in [-0.15, -0.1) is 0 Å². The average molecular weight is 211 g/mol. The minimum Gasteiger partial charge on any atom is -0.304 e. The van der Waals surface area contributed by atoms with Crippen molar-refractivity contribution in [2.45, 2.75) is 6.42 Å². The molecule has 0 bridgehead atoms. The number of amides is 1. The number of ketones is 1. The molecule has 1 saturated heterocycles. The summed E-state index contributed by atoms with van der Waals surface area (Å²) in [6.45, 7) is -0.0656. The van der Waals surface area contributed by atoms with Gasteiger partial charge in [0.1, 0.15) is 0 Å².